The van der Waals surface area contributed by atoms with Crippen LogP contribution in [0.2, 0.25) is 0 Å². The molecule has 0 aliphatic rings. The molecule has 0 aliphatic heterocycles. The highest BCUT2D eigenvalue weighted by atomic mass is 32.2. The summed E-state index contributed by atoms with van der Waals surface area (Å²) < 4.78 is 34.1. The van der Waals surface area contributed by atoms with Gasteiger partial charge in [-0.25, -0.2) is 0 Å². The maximum atomic E-state index is 12.0. The van der Waals surface area contributed by atoms with Gasteiger partial charge in [0.1, 0.15) is 18.2 Å². The molecule has 112 valence electrons. The van der Waals surface area contributed by atoms with Crippen LogP contribution in [-0.4, -0.2) is 26.4 Å². The Bertz CT molecular complexity index is 579. The van der Waals surface area contributed by atoms with Crippen LogP contribution in [0.25, 0.3) is 0 Å². The van der Waals surface area contributed by atoms with E-state index in [1.165, 1.54) is 0 Å². The SMILES string of the molecule is CC(C)(C)NS(=O)(=O)Nc1ccccc1OCC(=N)N. The van der Waals surface area contributed by atoms with Crippen molar-refractivity contribution in [2.75, 3.05) is 11.3 Å². The van der Waals surface area contributed by atoms with Crippen molar-refractivity contribution in [1.29, 1.82) is 5.41 Å². The van der Waals surface area contributed by atoms with Gasteiger partial charge in [0, 0.05) is 5.54 Å². The van der Waals surface area contributed by atoms with Crippen molar-refractivity contribution in [3.8, 4) is 5.75 Å². The lowest BCUT2D eigenvalue weighted by Gasteiger charge is -2.21. The molecule has 0 aromatic heterocycles. The largest absolute Gasteiger partial charge is 0.484 e. The molecule has 5 N–H and O–H groups in total. The van der Waals surface area contributed by atoms with Crippen LogP contribution >= 0.6 is 0 Å². The Morgan fingerprint density at radius 2 is 1.95 bits per heavy atom. The minimum Gasteiger partial charge on any atom is -0.484 e. The predicted molar refractivity (Wildman–Crippen MR) is 79.3 cm³/mol. The van der Waals surface area contributed by atoms with Gasteiger partial charge in [-0.3, -0.25) is 10.1 Å². The number of anilines is 1. The molecule has 0 aliphatic carbocycles. The van der Waals surface area contributed by atoms with E-state index >= 15 is 0 Å². The summed E-state index contributed by atoms with van der Waals surface area (Å²) in [4.78, 5) is 0. The van der Waals surface area contributed by atoms with Crippen LogP contribution in [0.3, 0.4) is 0 Å². The second-order valence-electron chi connectivity index (χ2n) is 5.27. The molecule has 0 unspecified atom stereocenters. The molecule has 0 saturated carbocycles. The van der Waals surface area contributed by atoms with E-state index < -0.39 is 15.7 Å². The smallest absolute Gasteiger partial charge is 0.299 e. The minimum atomic E-state index is -3.72. The van der Waals surface area contributed by atoms with E-state index in [4.69, 9.17) is 15.9 Å². The van der Waals surface area contributed by atoms with Gasteiger partial charge < -0.3 is 10.5 Å². The molecule has 0 radical (unpaired) electrons. The van der Waals surface area contributed by atoms with E-state index in [9.17, 15) is 8.42 Å². The number of para-hydroxylation sites is 2. The van der Waals surface area contributed by atoms with Gasteiger partial charge in [-0.1, -0.05) is 12.1 Å². The van der Waals surface area contributed by atoms with Crippen LogP contribution in [-0.2, 0) is 10.2 Å². The highest BCUT2D eigenvalue weighted by Gasteiger charge is 2.20. The molecular formula is C12H20N4O3S. The molecule has 7 nitrogen and oxygen atoms in total. The number of rotatable bonds is 6. The van der Waals surface area contributed by atoms with Crippen LogP contribution in [0.4, 0.5) is 5.69 Å². The maximum Gasteiger partial charge on any atom is 0.299 e. The molecule has 1 aromatic rings. The molecule has 0 amide bonds. The first-order chi connectivity index (χ1) is 9.09. The molecule has 0 atom stereocenters. The molecule has 8 heteroatoms. The standard InChI is InChI=1S/C12H20N4O3S/c1-12(2,3)16-20(17,18)15-9-6-4-5-7-10(9)19-8-11(13)14/h4-7,15-16H,8H2,1-3H3,(H3,13,14). The number of hydrogen-bond acceptors (Lipinski definition) is 4. The third-order valence-electron chi connectivity index (χ3n) is 1.96. The average Bonchev–Trinajstić information content (AvgIpc) is 2.23. The Balaban J connectivity index is 2.89. The van der Waals surface area contributed by atoms with Crippen molar-refractivity contribution >= 4 is 21.7 Å². The van der Waals surface area contributed by atoms with E-state index in [-0.39, 0.29) is 18.1 Å². The third-order valence-corrected chi connectivity index (χ3v) is 3.32. The predicted octanol–water partition coefficient (Wildman–Crippen LogP) is 1.05. The van der Waals surface area contributed by atoms with Gasteiger partial charge in [-0.05, 0) is 32.9 Å². The Hall–Kier alpha value is -1.80. The van der Waals surface area contributed by atoms with E-state index in [0.717, 1.165) is 0 Å². The molecule has 20 heavy (non-hydrogen) atoms. The van der Waals surface area contributed by atoms with E-state index in [2.05, 4.69) is 9.44 Å². The summed E-state index contributed by atoms with van der Waals surface area (Å²) >= 11 is 0. The minimum absolute atomic E-state index is 0.106. The second-order valence-corrected chi connectivity index (χ2v) is 6.68. The van der Waals surface area contributed by atoms with Gasteiger partial charge >= 0.3 is 0 Å². The van der Waals surface area contributed by atoms with E-state index in [0.29, 0.717) is 5.75 Å². The third kappa shape index (κ3) is 5.89. The van der Waals surface area contributed by atoms with Gasteiger partial charge in [0.25, 0.3) is 10.2 Å². The molecule has 1 rings (SSSR count). The van der Waals surface area contributed by atoms with Crippen LogP contribution in [0, 0.1) is 5.41 Å². The zero-order valence-corrected chi connectivity index (χ0v) is 12.5. The normalized spacial score (nSPS) is 11.9. The Labute approximate surface area is 119 Å². The summed E-state index contributed by atoms with van der Waals surface area (Å²) in [6.07, 6.45) is 0. The fraction of sp³-hybridized carbons (Fsp3) is 0.417. The zero-order valence-electron chi connectivity index (χ0n) is 11.7. The summed E-state index contributed by atoms with van der Waals surface area (Å²) in [5.74, 6) is 0.164. The highest BCUT2D eigenvalue weighted by molar-refractivity contribution is 7.90. The summed E-state index contributed by atoms with van der Waals surface area (Å²) in [6, 6.07) is 6.54. The quantitative estimate of drug-likeness (QED) is 0.464. The Morgan fingerprint density at radius 1 is 1.35 bits per heavy atom. The van der Waals surface area contributed by atoms with Crippen molar-refractivity contribution in [2.45, 2.75) is 26.3 Å². The number of ether oxygens (including phenoxy) is 1. The van der Waals surface area contributed by atoms with Crippen LogP contribution in [0.5, 0.6) is 5.75 Å². The second kappa shape index (κ2) is 6.10. The Morgan fingerprint density at radius 3 is 2.50 bits per heavy atom. The van der Waals surface area contributed by atoms with Gasteiger partial charge in [0.05, 0.1) is 5.69 Å². The van der Waals surface area contributed by atoms with Crippen LogP contribution in [0.1, 0.15) is 20.8 Å². The lowest BCUT2D eigenvalue weighted by atomic mass is 10.1. The highest BCUT2D eigenvalue weighted by Crippen LogP contribution is 2.24. The summed E-state index contributed by atoms with van der Waals surface area (Å²) in [5.41, 5.74) is 4.89. The Kier molecular flexibility index (Phi) is 4.96. The molecule has 0 heterocycles. The van der Waals surface area contributed by atoms with E-state index in [1.807, 2.05) is 0 Å². The number of nitrogens with two attached hydrogens (primary N) is 1. The van der Waals surface area contributed by atoms with Crippen molar-refractivity contribution in [3.05, 3.63) is 24.3 Å². The maximum absolute atomic E-state index is 12.0. The molecule has 0 spiro atoms. The number of amidine groups is 1. The molecule has 1 aromatic carbocycles. The summed E-state index contributed by atoms with van der Waals surface area (Å²) in [7, 11) is -3.72. The molecule has 0 bridgehead atoms. The number of nitrogens with one attached hydrogen (secondary N) is 3. The summed E-state index contributed by atoms with van der Waals surface area (Å²) in [5, 5.41) is 7.11. The number of benzene rings is 1. The van der Waals surface area contributed by atoms with Gasteiger partial charge in [0.2, 0.25) is 0 Å². The van der Waals surface area contributed by atoms with Gasteiger partial charge in [-0.2, -0.15) is 13.1 Å². The van der Waals surface area contributed by atoms with Crippen molar-refractivity contribution < 1.29 is 13.2 Å². The topological polar surface area (TPSA) is 117 Å². The molecular weight excluding hydrogens is 280 g/mol. The van der Waals surface area contributed by atoms with Gasteiger partial charge in [-0.15, -0.1) is 0 Å². The first-order valence-corrected chi connectivity index (χ1v) is 7.44. The van der Waals surface area contributed by atoms with Crippen molar-refractivity contribution in [3.63, 3.8) is 0 Å². The van der Waals surface area contributed by atoms with Gasteiger partial charge in [0.15, 0.2) is 0 Å². The molecule has 0 saturated heterocycles. The lowest BCUT2D eigenvalue weighted by Crippen LogP contribution is -2.43. The molecule has 0 fully saturated rings. The fourth-order valence-corrected chi connectivity index (χ4v) is 2.72. The van der Waals surface area contributed by atoms with Crippen molar-refractivity contribution in [2.24, 2.45) is 5.73 Å². The van der Waals surface area contributed by atoms with Crippen LogP contribution < -0.4 is 19.9 Å². The van der Waals surface area contributed by atoms with Crippen molar-refractivity contribution in [1.82, 2.24) is 4.72 Å². The van der Waals surface area contributed by atoms with E-state index in [1.54, 1.807) is 45.0 Å². The number of hydrogen-bond donors (Lipinski definition) is 4. The average molecular weight is 300 g/mol. The fourth-order valence-electron chi connectivity index (χ4n) is 1.41. The first kappa shape index (κ1) is 16.3. The van der Waals surface area contributed by atoms with Crippen LogP contribution in [0.15, 0.2) is 24.3 Å². The monoisotopic (exact) mass is 300 g/mol. The first-order valence-electron chi connectivity index (χ1n) is 5.95. The zero-order chi connectivity index (χ0) is 15.4. The summed E-state index contributed by atoms with van der Waals surface area (Å²) in [6.45, 7) is 5.12. The lowest BCUT2D eigenvalue weighted by molar-refractivity contribution is 0.376.